The summed E-state index contributed by atoms with van der Waals surface area (Å²) in [6, 6.07) is 11.7. The zero-order chi connectivity index (χ0) is 15.2. The SMILES string of the molecule is CCC(C)c1ccccc1Oc1ccc(Cl)c(CNC)n1. The Balaban J connectivity index is 2.28. The van der Waals surface area contributed by atoms with Gasteiger partial charge in [-0.15, -0.1) is 0 Å². The first-order valence-corrected chi connectivity index (χ1v) is 7.60. The second kappa shape index (κ2) is 7.43. The second-order valence-electron chi connectivity index (χ2n) is 5.06. The van der Waals surface area contributed by atoms with Crippen LogP contribution in [0.1, 0.15) is 37.4 Å². The molecular weight excluding hydrogens is 284 g/mol. The Morgan fingerprint density at radius 3 is 2.71 bits per heavy atom. The lowest BCUT2D eigenvalue weighted by Gasteiger charge is -2.15. The normalized spacial score (nSPS) is 12.2. The van der Waals surface area contributed by atoms with Crippen LogP contribution >= 0.6 is 11.6 Å². The largest absolute Gasteiger partial charge is 0.439 e. The molecule has 21 heavy (non-hydrogen) atoms. The fourth-order valence-electron chi connectivity index (χ4n) is 2.13. The van der Waals surface area contributed by atoms with Gasteiger partial charge in [-0.25, -0.2) is 4.98 Å². The van der Waals surface area contributed by atoms with Crippen molar-refractivity contribution >= 4 is 11.6 Å². The van der Waals surface area contributed by atoms with Crippen LogP contribution < -0.4 is 10.1 Å². The summed E-state index contributed by atoms with van der Waals surface area (Å²) >= 11 is 6.12. The van der Waals surface area contributed by atoms with Gasteiger partial charge in [0.2, 0.25) is 5.88 Å². The molecule has 2 aromatic rings. The number of nitrogens with one attached hydrogen (secondary N) is 1. The summed E-state index contributed by atoms with van der Waals surface area (Å²) in [6.07, 6.45) is 1.07. The maximum absolute atomic E-state index is 6.12. The van der Waals surface area contributed by atoms with E-state index in [4.69, 9.17) is 16.3 Å². The molecule has 0 spiro atoms. The van der Waals surface area contributed by atoms with Crippen molar-refractivity contribution in [2.24, 2.45) is 0 Å². The van der Waals surface area contributed by atoms with E-state index in [0.717, 1.165) is 17.9 Å². The van der Waals surface area contributed by atoms with Crippen molar-refractivity contribution < 1.29 is 4.74 Å². The molecule has 1 atom stereocenters. The molecule has 1 heterocycles. The molecule has 0 aliphatic heterocycles. The van der Waals surface area contributed by atoms with Crippen LogP contribution in [0.15, 0.2) is 36.4 Å². The van der Waals surface area contributed by atoms with Crippen LogP contribution in [-0.2, 0) is 6.54 Å². The quantitative estimate of drug-likeness (QED) is 0.835. The van der Waals surface area contributed by atoms with Crippen molar-refractivity contribution in [2.45, 2.75) is 32.7 Å². The molecule has 1 N–H and O–H groups in total. The molecule has 1 aromatic heterocycles. The molecular formula is C17H21ClN2O. The first-order valence-electron chi connectivity index (χ1n) is 7.22. The highest BCUT2D eigenvalue weighted by Gasteiger charge is 2.11. The molecule has 0 aliphatic carbocycles. The predicted molar refractivity (Wildman–Crippen MR) is 87.2 cm³/mol. The van der Waals surface area contributed by atoms with Gasteiger partial charge >= 0.3 is 0 Å². The summed E-state index contributed by atoms with van der Waals surface area (Å²) < 4.78 is 5.98. The van der Waals surface area contributed by atoms with Gasteiger partial charge in [0.1, 0.15) is 5.75 Å². The van der Waals surface area contributed by atoms with E-state index < -0.39 is 0 Å². The minimum atomic E-state index is 0.449. The molecule has 1 aromatic carbocycles. The van der Waals surface area contributed by atoms with Crippen LogP contribution in [0, 0.1) is 0 Å². The molecule has 2 rings (SSSR count). The average Bonchev–Trinajstić information content (AvgIpc) is 2.50. The van der Waals surface area contributed by atoms with Crippen LogP contribution in [0.25, 0.3) is 0 Å². The van der Waals surface area contributed by atoms with Crippen LogP contribution in [0.2, 0.25) is 5.02 Å². The van der Waals surface area contributed by atoms with Gasteiger partial charge in [0.25, 0.3) is 0 Å². The first kappa shape index (κ1) is 15.8. The molecule has 4 heteroatoms. The van der Waals surface area contributed by atoms with Gasteiger partial charge in [-0.3, -0.25) is 0 Å². The van der Waals surface area contributed by atoms with Crippen LogP contribution in [0.5, 0.6) is 11.6 Å². The number of aromatic nitrogens is 1. The van der Waals surface area contributed by atoms with E-state index in [2.05, 4.69) is 30.2 Å². The van der Waals surface area contributed by atoms with E-state index in [1.807, 2.05) is 31.3 Å². The highest BCUT2D eigenvalue weighted by atomic mass is 35.5. The molecule has 0 amide bonds. The van der Waals surface area contributed by atoms with Crippen LogP contribution in [0.4, 0.5) is 0 Å². The van der Waals surface area contributed by atoms with Crippen molar-refractivity contribution in [2.75, 3.05) is 7.05 Å². The summed E-state index contributed by atoms with van der Waals surface area (Å²) in [4.78, 5) is 4.47. The lowest BCUT2D eigenvalue weighted by Crippen LogP contribution is -2.08. The van der Waals surface area contributed by atoms with E-state index in [1.54, 1.807) is 6.07 Å². The van der Waals surface area contributed by atoms with Gasteiger partial charge in [-0.1, -0.05) is 43.6 Å². The number of halogens is 1. The van der Waals surface area contributed by atoms with Crippen molar-refractivity contribution in [3.05, 3.63) is 52.7 Å². The number of para-hydroxylation sites is 1. The Morgan fingerprint density at radius 1 is 1.24 bits per heavy atom. The maximum atomic E-state index is 6.12. The molecule has 1 unspecified atom stereocenters. The molecule has 0 bridgehead atoms. The molecule has 0 saturated carbocycles. The molecule has 0 saturated heterocycles. The van der Waals surface area contributed by atoms with Crippen LogP contribution in [-0.4, -0.2) is 12.0 Å². The van der Waals surface area contributed by atoms with Gasteiger partial charge in [0.15, 0.2) is 0 Å². The van der Waals surface area contributed by atoms with Crippen molar-refractivity contribution in [3.63, 3.8) is 0 Å². The van der Waals surface area contributed by atoms with E-state index in [9.17, 15) is 0 Å². The fourth-order valence-corrected chi connectivity index (χ4v) is 2.30. The highest BCUT2D eigenvalue weighted by Crippen LogP contribution is 2.31. The highest BCUT2D eigenvalue weighted by molar-refractivity contribution is 6.31. The Hall–Kier alpha value is -1.58. The lowest BCUT2D eigenvalue weighted by molar-refractivity contribution is 0.449. The lowest BCUT2D eigenvalue weighted by atomic mass is 9.98. The van der Waals surface area contributed by atoms with Gasteiger partial charge in [-0.2, -0.15) is 0 Å². The zero-order valence-electron chi connectivity index (χ0n) is 12.7. The molecule has 3 nitrogen and oxygen atoms in total. The minimum absolute atomic E-state index is 0.449. The average molecular weight is 305 g/mol. The Kier molecular flexibility index (Phi) is 5.59. The number of hydrogen-bond donors (Lipinski definition) is 1. The standard InChI is InChI=1S/C17H21ClN2O/c1-4-12(2)13-7-5-6-8-16(13)21-17-10-9-14(18)15(20-17)11-19-3/h5-10,12,19H,4,11H2,1-3H3. The topological polar surface area (TPSA) is 34.1 Å². The summed E-state index contributed by atoms with van der Waals surface area (Å²) in [5, 5.41) is 3.70. The Bertz CT molecular complexity index is 601. The van der Waals surface area contributed by atoms with E-state index in [-0.39, 0.29) is 0 Å². The maximum Gasteiger partial charge on any atom is 0.219 e. The summed E-state index contributed by atoms with van der Waals surface area (Å²) in [7, 11) is 1.86. The summed E-state index contributed by atoms with van der Waals surface area (Å²) in [5.41, 5.74) is 1.99. The van der Waals surface area contributed by atoms with E-state index >= 15 is 0 Å². The van der Waals surface area contributed by atoms with Gasteiger partial charge in [0.05, 0.1) is 10.7 Å². The third kappa shape index (κ3) is 3.96. The van der Waals surface area contributed by atoms with Gasteiger partial charge in [0, 0.05) is 12.6 Å². The third-order valence-electron chi connectivity index (χ3n) is 3.51. The zero-order valence-corrected chi connectivity index (χ0v) is 13.4. The Morgan fingerprint density at radius 2 is 2.00 bits per heavy atom. The number of pyridine rings is 1. The van der Waals surface area contributed by atoms with Gasteiger partial charge < -0.3 is 10.1 Å². The fraction of sp³-hybridized carbons (Fsp3) is 0.353. The first-order chi connectivity index (χ1) is 10.2. The number of ether oxygens (including phenoxy) is 1. The van der Waals surface area contributed by atoms with Crippen molar-refractivity contribution in [1.29, 1.82) is 0 Å². The van der Waals surface area contributed by atoms with Gasteiger partial charge in [-0.05, 0) is 37.1 Å². The van der Waals surface area contributed by atoms with E-state index in [0.29, 0.717) is 23.4 Å². The summed E-state index contributed by atoms with van der Waals surface area (Å²) in [6.45, 7) is 4.99. The molecule has 0 fully saturated rings. The Labute approximate surface area is 131 Å². The molecule has 0 aliphatic rings. The monoisotopic (exact) mass is 304 g/mol. The third-order valence-corrected chi connectivity index (χ3v) is 3.86. The van der Waals surface area contributed by atoms with Crippen molar-refractivity contribution in [1.82, 2.24) is 10.3 Å². The second-order valence-corrected chi connectivity index (χ2v) is 5.46. The number of nitrogens with zero attached hydrogens (tertiary/aromatic N) is 1. The van der Waals surface area contributed by atoms with E-state index in [1.165, 1.54) is 5.56 Å². The number of rotatable bonds is 6. The van der Waals surface area contributed by atoms with Crippen LogP contribution in [0.3, 0.4) is 0 Å². The predicted octanol–water partition coefficient (Wildman–Crippen LogP) is 4.76. The molecule has 112 valence electrons. The van der Waals surface area contributed by atoms with Crippen molar-refractivity contribution in [3.8, 4) is 11.6 Å². The number of hydrogen-bond acceptors (Lipinski definition) is 3. The summed E-state index contributed by atoms with van der Waals surface area (Å²) in [5.74, 6) is 1.88. The number of benzene rings is 1. The molecule has 0 radical (unpaired) electrons. The minimum Gasteiger partial charge on any atom is -0.439 e. The smallest absolute Gasteiger partial charge is 0.219 e.